The maximum absolute atomic E-state index is 12.1. The Morgan fingerprint density at radius 2 is 1.95 bits per heavy atom. The first-order valence-corrected chi connectivity index (χ1v) is 7.88. The predicted octanol–water partition coefficient (Wildman–Crippen LogP) is 3.21. The number of hydrogen-bond donors (Lipinski definition) is 2. The first kappa shape index (κ1) is 14.8. The zero-order valence-electron chi connectivity index (χ0n) is 13.0. The van der Waals surface area contributed by atoms with Crippen molar-refractivity contribution in [2.24, 2.45) is 0 Å². The second-order valence-electron chi connectivity index (χ2n) is 5.94. The highest BCUT2D eigenvalue weighted by molar-refractivity contribution is 5.91. The van der Waals surface area contributed by atoms with E-state index in [2.05, 4.69) is 54.0 Å². The van der Waals surface area contributed by atoms with E-state index in [-0.39, 0.29) is 5.91 Å². The molecule has 1 aliphatic rings. The van der Waals surface area contributed by atoms with Crippen molar-refractivity contribution >= 4 is 11.6 Å². The van der Waals surface area contributed by atoms with Crippen molar-refractivity contribution in [1.82, 2.24) is 5.32 Å². The summed E-state index contributed by atoms with van der Waals surface area (Å²) in [6, 6.07) is 14.6. The van der Waals surface area contributed by atoms with Gasteiger partial charge in [-0.1, -0.05) is 35.9 Å². The average Bonchev–Trinajstić information content (AvgIpc) is 2.54. The summed E-state index contributed by atoms with van der Waals surface area (Å²) in [7, 11) is 0. The van der Waals surface area contributed by atoms with E-state index in [4.69, 9.17) is 0 Å². The Bertz CT molecular complexity index is 662. The van der Waals surface area contributed by atoms with Crippen LogP contribution in [-0.4, -0.2) is 12.5 Å². The predicted molar refractivity (Wildman–Crippen MR) is 90.0 cm³/mol. The Balaban J connectivity index is 1.56. The van der Waals surface area contributed by atoms with E-state index < -0.39 is 0 Å². The first-order valence-electron chi connectivity index (χ1n) is 7.88. The molecule has 0 aromatic heterocycles. The first-order chi connectivity index (χ1) is 10.7. The number of nitrogens with one attached hydrogen (secondary N) is 2. The van der Waals surface area contributed by atoms with Gasteiger partial charge in [-0.25, -0.2) is 0 Å². The number of carbonyl (C=O) groups excluding carboxylic acids is 1. The van der Waals surface area contributed by atoms with E-state index in [0.29, 0.717) is 6.42 Å². The van der Waals surface area contributed by atoms with Crippen LogP contribution in [0.1, 0.15) is 28.7 Å². The van der Waals surface area contributed by atoms with Crippen LogP contribution in [0.5, 0.6) is 0 Å². The lowest BCUT2D eigenvalue weighted by Crippen LogP contribution is -2.23. The summed E-state index contributed by atoms with van der Waals surface area (Å²) >= 11 is 0. The molecule has 0 aliphatic carbocycles. The van der Waals surface area contributed by atoms with Gasteiger partial charge in [0.15, 0.2) is 0 Å². The Hall–Kier alpha value is -2.13. The van der Waals surface area contributed by atoms with E-state index in [1.54, 1.807) is 0 Å². The Morgan fingerprint density at radius 3 is 2.77 bits per heavy atom. The second-order valence-corrected chi connectivity index (χ2v) is 5.94. The molecule has 0 spiro atoms. The molecule has 2 N–H and O–H groups in total. The van der Waals surface area contributed by atoms with Crippen LogP contribution in [0.25, 0.3) is 0 Å². The largest absolute Gasteiger partial charge is 0.326 e. The molecule has 1 heterocycles. The Labute approximate surface area is 131 Å². The normalized spacial score (nSPS) is 13.5. The fourth-order valence-electron chi connectivity index (χ4n) is 2.79. The minimum Gasteiger partial charge on any atom is -0.326 e. The molecule has 22 heavy (non-hydrogen) atoms. The van der Waals surface area contributed by atoms with E-state index >= 15 is 0 Å². The molecule has 1 amide bonds. The number of benzene rings is 2. The van der Waals surface area contributed by atoms with Crippen LogP contribution >= 0.6 is 0 Å². The molecular weight excluding hydrogens is 272 g/mol. The third-order valence-electron chi connectivity index (χ3n) is 4.14. The smallest absolute Gasteiger partial charge is 0.224 e. The topological polar surface area (TPSA) is 41.1 Å². The minimum atomic E-state index is 0.0734. The third kappa shape index (κ3) is 3.74. The van der Waals surface area contributed by atoms with Crippen molar-refractivity contribution in [3.05, 3.63) is 64.7 Å². The van der Waals surface area contributed by atoms with Gasteiger partial charge in [0, 0.05) is 18.7 Å². The standard InChI is InChI=1S/C19H22N2O/c1-14-2-4-15(5-3-14)6-9-19(22)21-18-8-7-16-10-11-20-13-17(16)12-18/h2-5,7-8,12,20H,6,9-11,13H2,1H3,(H,21,22). The zero-order valence-corrected chi connectivity index (χ0v) is 13.0. The molecule has 1 aliphatic heterocycles. The number of aryl methyl sites for hydroxylation is 2. The van der Waals surface area contributed by atoms with Crippen LogP contribution in [0.2, 0.25) is 0 Å². The lowest BCUT2D eigenvalue weighted by Gasteiger charge is -2.18. The van der Waals surface area contributed by atoms with Crippen molar-refractivity contribution in [3.8, 4) is 0 Å². The molecule has 114 valence electrons. The summed E-state index contributed by atoms with van der Waals surface area (Å²) in [6.07, 6.45) is 2.36. The quantitative estimate of drug-likeness (QED) is 0.909. The maximum atomic E-state index is 12.1. The second kappa shape index (κ2) is 6.75. The van der Waals surface area contributed by atoms with Crippen molar-refractivity contribution in [1.29, 1.82) is 0 Å². The molecule has 0 unspecified atom stereocenters. The highest BCUT2D eigenvalue weighted by Gasteiger charge is 2.10. The number of rotatable bonds is 4. The molecule has 0 fully saturated rings. The van der Waals surface area contributed by atoms with Crippen LogP contribution in [0.15, 0.2) is 42.5 Å². The van der Waals surface area contributed by atoms with Crippen LogP contribution < -0.4 is 10.6 Å². The lowest BCUT2D eigenvalue weighted by atomic mass is 10.0. The molecule has 3 rings (SSSR count). The molecule has 2 aromatic rings. The summed E-state index contributed by atoms with van der Waals surface area (Å²) < 4.78 is 0. The number of fused-ring (bicyclic) bond motifs is 1. The van der Waals surface area contributed by atoms with Crippen molar-refractivity contribution < 1.29 is 4.79 Å². The highest BCUT2D eigenvalue weighted by Crippen LogP contribution is 2.19. The molecular formula is C19H22N2O. The summed E-state index contributed by atoms with van der Waals surface area (Å²) in [4.78, 5) is 12.1. The molecule has 3 nitrogen and oxygen atoms in total. The molecule has 0 bridgehead atoms. The number of hydrogen-bond acceptors (Lipinski definition) is 2. The van der Waals surface area contributed by atoms with E-state index in [1.165, 1.54) is 22.3 Å². The Kier molecular flexibility index (Phi) is 4.54. The van der Waals surface area contributed by atoms with Gasteiger partial charge < -0.3 is 10.6 Å². The molecule has 2 aromatic carbocycles. The van der Waals surface area contributed by atoms with Gasteiger partial charge in [0.25, 0.3) is 0 Å². The highest BCUT2D eigenvalue weighted by atomic mass is 16.1. The van der Waals surface area contributed by atoms with E-state index in [1.807, 2.05) is 6.07 Å². The fourth-order valence-corrected chi connectivity index (χ4v) is 2.79. The van der Waals surface area contributed by atoms with Crippen molar-refractivity contribution in [2.45, 2.75) is 32.7 Å². The Morgan fingerprint density at radius 1 is 1.14 bits per heavy atom. The van der Waals surface area contributed by atoms with Crippen molar-refractivity contribution in [3.63, 3.8) is 0 Å². The molecule has 3 heteroatoms. The summed E-state index contributed by atoms with van der Waals surface area (Å²) in [5.74, 6) is 0.0734. The third-order valence-corrected chi connectivity index (χ3v) is 4.14. The molecule has 0 saturated heterocycles. The van der Waals surface area contributed by atoms with Crippen molar-refractivity contribution in [2.75, 3.05) is 11.9 Å². The van der Waals surface area contributed by atoms with Gasteiger partial charge in [-0.2, -0.15) is 0 Å². The number of amides is 1. The number of anilines is 1. The van der Waals surface area contributed by atoms with Gasteiger partial charge in [0.1, 0.15) is 0 Å². The summed E-state index contributed by atoms with van der Waals surface area (Å²) in [5.41, 5.74) is 6.03. The fraction of sp³-hybridized carbons (Fsp3) is 0.316. The van der Waals surface area contributed by atoms with Gasteiger partial charge in [0.2, 0.25) is 5.91 Å². The van der Waals surface area contributed by atoms with Crippen LogP contribution in [0, 0.1) is 6.92 Å². The zero-order chi connectivity index (χ0) is 15.4. The monoisotopic (exact) mass is 294 g/mol. The molecule has 0 atom stereocenters. The van der Waals surface area contributed by atoms with Crippen LogP contribution in [0.4, 0.5) is 5.69 Å². The summed E-state index contributed by atoms with van der Waals surface area (Å²) in [6.45, 7) is 4.00. The van der Waals surface area contributed by atoms with Gasteiger partial charge in [-0.3, -0.25) is 4.79 Å². The van der Waals surface area contributed by atoms with Gasteiger partial charge >= 0.3 is 0 Å². The number of carbonyl (C=O) groups is 1. The summed E-state index contributed by atoms with van der Waals surface area (Å²) in [5, 5.41) is 6.37. The maximum Gasteiger partial charge on any atom is 0.224 e. The molecule has 0 radical (unpaired) electrons. The average molecular weight is 294 g/mol. The van der Waals surface area contributed by atoms with E-state index in [9.17, 15) is 4.79 Å². The molecule has 0 saturated carbocycles. The van der Waals surface area contributed by atoms with Crippen LogP contribution in [-0.2, 0) is 24.2 Å². The minimum absolute atomic E-state index is 0.0734. The van der Waals surface area contributed by atoms with Crippen LogP contribution in [0.3, 0.4) is 0 Å². The van der Waals surface area contributed by atoms with Gasteiger partial charge in [-0.15, -0.1) is 0 Å². The SMILES string of the molecule is Cc1ccc(CCC(=O)Nc2ccc3c(c2)CNCC3)cc1. The van der Waals surface area contributed by atoms with Gasteiger partial charge in [0.05, 0.1) is 0 Å². The lowest BCUT2D eigenvalue weighted by molar-refractivity contribution is -0.116. The van der Waals surface area contributed by atoms with Gasteiger partial charge in [-0.05, 0) is 55.1 Å². The van der Waals surface area contributed by atoms with E-state index in [0.717, 1.165) is 31.6 Å².